The number of nitrogens with one attached hydrogen (secondary N) is 1. The fourth-order valence-electron chi connectivity index (χ4n) is 3.43. The molecule has 112 valence electrons. The molecule has 2 aliphatic heterocycles. The van der Waals surface area contributed by atoms with Gasteiger partial charge in [0.15, 0.2) is 4.67 Å². The Hall–Kier alpha value is 0.0300. The first kappa shape index (κ1) is 14.9. The van der Waals surface area contributed by atoms with Gasteiger partial charge < -0.3 is 14.5 Å². The standard InChI is InChI=1S/C15H22BrNO2S/c1-2-17-14(12-3-4-13(16)19-12)11-5-7-18-15(9-11)6-8-20-10-15/h3-4,11,14,17H,2,5-10H2,1H3. The average Bonchev–Trinajstić information content (AvgIpc) is 3.06. The molecule has 2 aliphatic rings. The number of thioether (sulfide) groups is 1. The zero-order chi connectivity index (χ0) is 14.0. The van der Waals surface area contributed by atoms with E-state index in [0.29, 0.717) is 12.0 Å². The number of ether oxygens (including phenoxy) is 1. The maximum Gasteiger partial charge on any atom is 0.169 e. The quantitative estimate of drug-likeness (QED) is 0.880. The minimum atomic E-state index is 0.130. The lowest BCUT2D eigenvalue weighted by Gasteiger charge is -2.40. The van der Waals surface area contributed by atoms with Crippen molar-refractivity contribution in [3.05, 3.63) is 22.6 Å². The molecule has 0 aromatic carbocycles. The van der Waals surface area contributed by atoms with Gasteiger partial charge in [-0.05, 0) is 65.5 Å². The smallest absolute Gasteiger partial charge is 0.169 e. The Labute approximate surface area is 133 Å². The van der Waals surface area contributed by atoms with E-state index >= 15 is 0 Å². The van der Waals surface area contributed by atoms with Crippen molar-refractivity contribution < 1.29 is 9.15 Å². The van der Waals surface area contributed by atoms with Crippen LogP contribution in [0.3, 0.4) is 0 Å². The van der Waals surface area contributed by atoms with Crippen molar-refractivity contribution in [2.24, 2.45) is 5.92 Å². The first-order valence-electron chi connectivity index (χ1n) is 7.43. The Morgan fingerprint density at radius 3 is 3.10 bits per heavy atom. The number of halogens is 1. The summed E-state index contributed by atoms with van der Waals surface area (Å²) >= 11 is 5.44. The minimum absolute atomic E-state index is 0.130. The van der Waals surface area contributed by atoms with Crippen molar-refractivity contribution in [3.63, 3.8) is 0 Å². The molecule has 1 spiro atoms. The lowest BCUT2D eigenvalue weighted by molar-refractivity contribution is -0.0863. The molecule has 0 bridgehead atoms. The Bertz CT molecular complexity index is 445. The van der Waals surface area contributed by atoms with E-state index in [1.807, 2.05) is 17.8 Å². The Balaban J connectivity index is 1.76. The fourth-order valence-corrected chi connectivity index (χ4v) is 5.13. The summed E-state index contributed by atoms with van der Waals surface area (Å²) in [6, 6.07) is 4.38. The monoisotopic (exact) mass is 359 g/mol. The molecule has 3 nitrogen and oxygen atoms in total. The predicted molar refractivity (Wildman–Crippen MR) is 86.2 cm³/mol. The highest BCUT2D eigenvalue weighted by molar-refractivity contribution is 9.10. The molecule has 20 heavy (non-hydrogen) atoms. The molecule has 3 heterocycles. The third-order valence-electron chi connectivity index (χ3n) is 4.39. The Morgan fingerprint density at radius 2 is 2.45 bits per heavy atom. The number of furan rings is 1. The van der Waals surface area contributed by atoms with Gasteiger partial charge in [-0.25, -0.2) is 0 Å². The second-order valence-electron chi connectivity index (χ2n) is 5.76. The summed E-state index contributed by atoms with van der Waals surface area (Å²) in [7, 11) is 0. The molecule has 2 fully saturated rings. The van der Waals surface area contributed by atoms with Crippen LogP contribution < -0.4 is 5.32 Å². The Morgan fingerprint density at radius 1 is 1.55 bits per heavy atom. The number of hydrogen-bond donors (Lipinski definition) is 1. The summed E-state index contributed by atoms with van der Waals surface area (Å²) < 4.78 is 12.8. The van der Waals surface area contributed by atoms with Crippen LogP contribution in [0.4, 0.5) is 0 Å². The van der Waals surface area contributed by atoms with E-state index in [2.05, 4.69) is 34.2 Å². The van der Waals surface area contributed by atoms with Crippen LogP contribution in [0.5, 0.6) is 0 Å². The molecule has 0 saturated carbocycles. The van der Waals surface area contributed by atoms with Crippen LogP contribution in [0.1, 0.15) is 38.0 Å². The van der Waals surface area contributed by atoms with Crippen molar-refractivity contribution in [1.82, 2.24) is 5.32 Å². The zero-order valence-electron chi connectivity index (χ0n) is 11.9. The maximum absolute atomic E-state index is 6.14. The molecule has 2 saturated heterocycles. The normalized spacial score (nSPS) is 31.8. The maximum atomic E-state index is 6.14. The average molecular weight is 360 g/mol. The molecule has 3 atom stereocenters. The van der Waals surface area contributed by atoms with Crippen molar-refractivity contribution in [2.45, 2.75) is 37.8 Å². The fraction of sp³-hybridized carbons (Fsp3) is 0.733. The van der Waals surface area contributed by atoms with Gasteiger partial charge in [0, 0.05) is 12.4 Å². The molecular weight excluding hydrogens is 338 g/mol. The number of rotatable bonds is 4. The molecule has 0 aliphatic carbocycles. The van der Waals surface area contributed by atoms with Crippen molar-refractivity contribution in [1.29, 1.82) is 0 Å². The van der Waals surface area contributed by atoms with E-state index in [-0.39, 0.29) is 5.60 Å². The third kappa shape index (κ3) is 3.11. The topological polar surface area (TPSA) is 34.4 Å². The summed E-state index contributed by atoms with van der Waals surface area (Å²) in [5.41, 5.74) is 0.130. The summed E-state index contributed by atoms with van der Waals surface area (Å²) in [6.07, 6.45) is 3.47. The summed E-state index contributed by atoms with van der Waals surface area (Å²) in [5, 5.41) is 3.61. The predicted octanol–water partition coefficient (Wildman–Crippen LogP) is 4.00. The van der Waals surface area contributed by atoms with Crippen LogP contribution in [0.25, 0.3) is 0 Å². The number of hydrogen-bond acceptors (Lipinski definition) is 4. The molecule has 3 rings (SSSR count). The first-order chi connectivity index (χ1) is 9.72. The third-order valence-corrected chi connectivity index (χ3v) is 6.04. The largest absolute Gasteiger partial charge is 0.453 e. The van der Waals surface area contributed by atoms with Gasteiger partial charge in [0.2, 0.25) is 0 Å². The minimum Gasteiger partial charge on any atom is -0.453 e. The lowest BCUT2D eigenvalue weighted by atomic mass is 9.80. The summed E-state index contributed by atoms with van der Waals surface area (Å²) in [4.78, 5) is 0. The van der Waals surface area contributed by atoms with Gasteiger partial charge >= 0.3 is 0 Å². The van der Waals surface area contributed by atoms with Gasteiger partial charge in [-0.3, -0.25) is 0 Å². The van der Waals surface area contributed by atoms with E-state index in [9.17, 15) is 0 Å². The molecule has 1 N–H and O–H groups in total. The zero-order valence-corrected chi connectivity index (χ0v) is 14.3. The van der Waals surface area contributed by atoms with Gasteiger partial charge in [-0.1, -0.05) is 6.92 Å². The van der Waals surface area contributed by atoms with Crippen LogP contribution in [-0.2, 0) is 4.74 Å². The highest BCUT2D eigenvalue weighted by Crippen LogP contribution is 2.44. The molecular formula is C15H22BrNO2S. The first-order valence-corrected chi connectivity index (χ1v) is 9.37. The molecule has 0 radical (unpaired) electrons. The van der Waals surface area contributed by atoms with Crippen LogP contribution in [-0.4, -0.2) is 30.3 Å². The van der Waals surface area contributed by atoms with Gasteiger partial charge in [0.25, 0.3) is 0 Å². The second kappa shape index (κ2) is 6.42. The molecule has 3 unspecified atom stereocenters. The van der Waals surface area contributed by atoms with Gasteiger partial charge in [-0.2, -0.15) is 11.8 Å². The van der Waals surface area contributed by atoms with Crippen LogP contribution >= 0.6 is 27.7 Å². The van der Waals surface area contributed by atoms with Gasteiger partial charge in [-0.15, -0.1) is 0 Å². The second-order valence-corrected chi connectivity index (χ2v) is 7.65. The van der Waals surface area contributed by atoms with Crippen molar-refractivity contribution in [3.8, 4) is 0 Å². The Kier molecular flexibility index (Phi) is 4.80. The molecule has 1 aromatic rings. The van der Waals surface area contributed by atoms with Crippen molar-refractivity contribution in [2.75, 3.05) is 24.7 Å². The van der Waals surface area contributed by atoms with Crippen molar-refractivity contribution >= 4 is 27.7 Å². The SMILES string of the molecule is CCNC(c1ccc(Br)o1)C1CCOC2(CCSC2)C1. The van der Waals surface area contributed by atoms with Crippen LogP contribution in [0, 0.1) is 5.92 Å². The molecule has 1 aromatic heterocycles. The lowest BCUT2D eigenvalue weighted by Crippen LogP contribution is -2.43. The van der Waals surface area contributed by atoms with Crippen LogP contribution in [0.15, 0.2) is 21.2 Å². The van der Waals surface area contributed by atoms with E-state index in [0.717, 1.165) is 42.2 Å². The van der Waals surface area contributed by atoms with E-state index in [1.165, 1.54) is 12.2 Å². The van der Waals surface area contributed by atoms with Gasteiger partial charge in [0.05, 0.1) is 11.6 Å². The van der Waals surface area contributed by atoms with E-state index in [4.69, 9.17) is 9.15 Å². The highest BCUT2D eigenvalue weighted by atomic mass is 79.9. The van der Waals surface area contributed by atoms with E-state index < -0.39 is 0 Å². The molecule has 5 heteroatoms. The van der Waals surface area contributed by atoms with E-state index in [1.54, 1.807) is 0 Å². The highest BCUT2D eigenvalue weighted by Gasteiger charge is 2.43. The summed E-state index contributed by atoms with van der Waals surface area (Å²) in [6.45, 7) is 4.00. The summed E-state index contributed by atoms with van der Waals surface area (Å²) in [5.74, 6) is 4.04. The van der Waals surface area contributed by atoms with Gasteiger partial charge in [0.1, 0.15) is 5.76 Å². The molecule has 0 amide bonds. The van der Waals surface area contributed by atoms with Crippen LogP contribution in [0.2, 0.25) is 0 Å².